The summed E-state index contributed by atoms with van der Waals surface area (Å²) in [5.41, 5.74) is 0.0590. The van der Waals surface area contributed by atoms with Gasteiger partial charge < -0.3 is 13.9 Å². The van der Waals surface area contributed by atoms with Gasteiger partial charge in [0.15, 0.2) is 0 Å². The van der Waals surface area contributed by atoms with E-state index in [4.69, 9.17) is 4.42 Å². The van der Waals surface area contributed by atoms with Gasteiger partial charge in [-0.25, -0.2) is 9.78 Å². The summed E-state index contributed by atoms with van der Waals surface area (Å²) in [4.78, 5) is 31.4. The van der Waals surface area contributed by atoms with Gasteiger partial charge >= 0.3 is 5.63 Å². The van der Waals surface area contributed by atoms with Crippen LogP contribution in [-0.2, 0) is 6.54 Å². The van der Waals surface area contributed by atoms with Crippen molar-refractivity contribution in [3.8, 4) is 0 Å². The Bertz CT molecular complexity index is 1040. The lowest BCUT2D eigenvalue weighted by Gasteiger charge is -2.32. The molecule has 3 heterocycles. The van der Waals surface area contributed by atoms with E-state index in [0.717, 1.165) is 30.6 Å². The van der Waals surface area contributed by atoms with Crippen LogP contribution in [0.1, 0.15) is 48.8 Å². The maximum absolute atomic E-state index is 12.9. The molecule has 1 aromatic carbocycles. The number of likely N-dealkylation sites (tertiary alicyclic amines) is 1. The second kappa shape index (κ2) is 7.62. The highest BCUT2D eigenvalue weighted by atomic mass is 16.4. The Kier molecular flexibility index (Phi) is 5.03. The predicted molar refractivity (Wildman–Crippen MR) is 107 cm³/mol. The molecule has 28 heavy (non-hydrogen) atoms. The first kappa shape index (κ1) is 18.5. The molecule has 0 spiro atoms. The summed E-state index contributed by atoms with van der Waals surface area (Å²) in [6, 6.07) is 8.90. The lowest BCUT2D eigenvalue weighted by atomic mass is 9.96. The highest BCUT2D eigenvalue weighted by Gasteiger charge is 2.26. The van der Waals surface area contributed by atoms with Crippen molar-refractivity contribution in [2.75, 3.05) is 13.1 Å². The average Bonchev–Trinajstić information content (AvgIpc) is 3.16. The van der Waals surface area contributed by atoms with E-state index in [-0.39, 0.29) is 11.5 Å². The van der Waals surface area contributed by atoms with Gasteiger partial charge in [-0.05, 0) is 30.9 Å². The minimum absolute atomic E-state index is 0.119. The summed E-state index contributed by atoms with van der Waals surface area (Å²) in [6.45, 7) is 6.53. The molecule has 0 radical (unpaired) electrons. The highest BCUT2D eigenvalue weighted by Crippen LogP contribution is 2.23. The Hall–Kier alpha value is -2.89. The minimum atomic E-state index is -0.564. The number of hydrogen-bond donors (Lipinski definition) is 0. The van der Waals surface area contributed by atoms with Crippen LogP contribution in [0.4, 0.5) is 0 Å². The van der Waals surface area contributed by atoms with Gasteiger partial charge in [-0.15, -0.1) is 0 Å². The van der Waals surface area contributed by atoms with Gasteiger partial charge in [-0.1, -0.05) is 32.0 Å². The first-order valence-corrected chi connectivity index (χ1v) is 9.86. The zero-order valence-electron chi connectivity index (χ0n) is 16.3. The van der Waals surface area contributed by atoms with Crippen LogP contribution in [0.25, 0.3) is 11.0 Å². The number of para-hydroxylation sites is 1. The van der Waals surface area contributed by atoms with E-state index >= 15 is 0 Å². The summed E-state index contributed by atoms with van der Waals surface area (Å²) in [5.74, 6) is 1.77. The number of rotatable bonds is 4. The van der Waals surface area contributed by atoms with Crippen molar-refractivity contribution in [2.45, 2.75) is 39.2 Å². The average molecular weight is 379 g/mol. The largest absolute Gasteiger partial charge is 0.422 e. The molecule has 1 fully saturated rings. The fourth-order valence-electron chi connectivity index (χ4n) is 3.95. The molecule has 3 aromatic rings. The third kappa shape index (κ3) is 3.59. The molecule has 1 aliphatic heterocycles. The quantitative estimate of drug-likeness (QED) is 0.649. The van der Waals surface area contributed by atoms with E-state index in [1.54, 1.807) is 17.0 Å². The summed E-state index contributed by atoms with van der Waals surface area (Å²) in [6.07, 6.45) is 5.72. The van der Waals surface area contributed by atoms with Crippen LogP contribution in [0.3, 0.4) is 0 Å². The number of carbonyl (C=O) groups is 1. The third-order valence-electron chi connectivity index (χ3n) is 5.49. The van der Waals surface area contributed by atoms with Gasteiger partial charge in [0.2, 0.25) is 0 Å². The zero-order valence-corrected chi connectivity index (χ0v) is 16.3. The Morgan fingerprint density at radius 3 is 2.75 bits per heavy atom. The molecule has 2 aromatic heterocycles. The molecule has 6 nitrogen and oxygen atoms in total. The number of fused-ring (bicyclic) bond motifs is 1. The number of aromatic nitrogens is 2. The van der Waals surface area contributed by atoms with Crippen LogP contribution in [0.15, 0.2) is 51.9 Å². The molecule has 1 amide bonds. The van der Waals surface area contributed by atoms with Crippen LogP contribution < -0.4 is 5.63 Å². The second-order valence-corrected chi connectivity index (χ2v) is 7.81. The van der Waals surface area contributed by atoms with Gasteiger partial charge in [0.25, 0.3) is 5.91 Å². The summed E-state index contributed by atoms with van der Waals surface area (Å²) < 4.78 is 7.55. The lowest BCUT2D eigenvalue weighted by molar-refractivity contribution is 0.0678. The van der Waals surface area contributed by atoms with Crippen molar-refractivity contribution >= 4 is 16.9 Å². The van der Waals surface area contributed by atoms with Crippen molar-refractivity contribution in [2.24, 2.45) is 5.92 Å². The number of imidazole rings is 1. The summed E-state index contributed by atoms with van der Waals surface area (Å²) in [5, 5.41) is 0.765. The number of nitrogens with zero attached hydrogens (tertiary/aromatic N) is 3. The molecule has 0 bridgehead atoms. The highest BCUT2D eigenvalue weighted by molar-refractivity contribution is 5.96. The number of hydrogen-bond acceptors (Lipinski definition) is 4. The normalized spacial score (nSPS) is 15.5. The number of amides is 1. The number of carbonyl (C=O) groups excluding carboxylic acids is 1. The molecule has 0 unspecified atom stereocenters. The molecule has 0 atom stereocenters. The predicted octanol–water partition coefficient (Wildman–Crippen LogP) is 3.67. The smallest absolute Gasteiger partial charge is 0.349 e. The maximum atomic E-state index is 12.9. The molecule has 1 saturated heterocycles. The van der Waals surface area contributed by atoms with Gasteiger partial charge in [-0.2, -0.15) is 0 Å². The van der Waals surface area contributed by atoms with Crippen LogP contribution in [0, 0.1) is 5.92 Å². The van der Waals surface area contributed by atoms with Crippen molar-refractivity contribution in [3.63, 3.8) is 0 Å². The van der Waals surface area contributed by atoms with E-state index < -0.39 is 5.63 Å². The SMILES string of the molecule is CC(C)c1nccn1CC1CCN(C(=O)c2cc3ccccc3oc2=O)CC1. The van der Waals surface area contributed by atoms with Crippen molar-refractivity contribution in [1.29, 1.82) is 0 Å². The Labute approximate surface area is 163 Å². The van der Waals surface area contributed by atoms with Gasteiger partial charge in [0.05, 0.1) is 0 Å². The van der Waals surface area contributed by atoms with Crippen molar-refractivity contribution in [1.82, 2.24) is 14.5 Å². The fourth-order valence-corrected chi connectivity index (χ4v) is 3.95. The maximum Gasteiger partial charge on any atom is 0.349 e. The molecule has 0 N–H and O–H groups in total. The van der Waals surface area contributed by atoms with Crippen molar-refractivity contribution < 1.29 is 9.21 Å². The second-order valence-electron chi connectivity index (χ2n) is 7.81. The van der Waals surface area contributed by atoms with E-state index in [1.807, 2.05) is 30.6 Å². The van der Waals surface area contributed by atoms with E-state index in [9.17, 15) is 9.59 Å². The standard InChI is InChI=1S/C22H25N3O3/c1-15(2)20-23-9-12-25(20)14-16-7-10-24(11-8-16)21(26)18-13-17-5-3-4-6-19(17)28-22(18)27/h3-6,9,12-13,15-16H,7-8,10-11,14H2,1-2H3. The first-order valence-electron chi connectivity index (χ1n) is 9.86. The molecule has 1 aliphatic rings. The van der Waals surface area contributed by atoms with Crippen LogP contribution in [-0.4, -0.2) is 33.4 Å². The topological polar surface area (TPSA) is 68.3 Å². The Morgan fingerprint density at radius 1 is 1.25 bits per heavy atom. The number of benzene rings is 1. The summed E-state index contributed by atoms with van der Waals surface area (Å²) >= 11 is 0. The van der Waals surface area contributed by atoms with Crippen LogP contribution >= 0.6 is 0 Å². The molecule has 4 rings (SSSR count). The van der Waals surface area contributed by atoms with Gasteiger partial charge in [0, 0.05) is 43.3 Å². The fraction of sp³-hybridized carbons (Fsp3) is 0.409. The van der Waals surface area contributed by atoms with Crippen LogP contribution in [0.2, 0.25) is 0 Å². The van der Waals surface area contributed by atoms with Gasteiger partial charge in [-0.3, -0.25) is 4.79 Å². The monoisotopic (exact) mass is 379 g/mol. The van der Waals surface area contributed by atoms with Crippen LogP contribution in [0.5, 0.6) is 0 Å². The lowest BCUT2D eigenvalue weighted by Crippen LogP contribution is -2.41. The molecule has 6 heteroatoms. The van der Waals surface area contributed by atoms with E-state index in [2.05, 4.69) is 23.4 Å². The molecular weight excluding hydrogens is 354 g/mol. The minimum Gasteiger partial charge on any atom is -0.422 e. The zero-order chi connectivity index (χ0) is 19.7. The Balaban J connectivity index is 1.44. The number of piperidine rings is 1. The molecule has 0 aliphatic carbocycles. The Morgan fingerprint density at radius 2 is 2.00 bits per heavy atom. The van der Waals surface area contributed by atoms with Gasteiger partial charge in [0.1, 0.15) is 17.0 Å². The molecular formula is C22H25N3O3. The third-order valence-corrected chi connectivity index (χ3v) is 5.49. The summed E-state index contributed by atoms with van der Waals surface area (Å²) in [7, 11) is 0. The molecule has 146 valence electrons. The van der Waals surface area contributed by atoms with E-state index in [0.29, 0.717) is 30.5 Å². The van der Waals surface area contributed by atoms with Crippen molar-refractivity contribution in [3.05, 3.63) is 64.5 Å². The van der Waals surface area contributed by atoms with E-state index in [1.165, 1.54) is 0 Å². The molecule has 0 saturated carbocycles. The first-order chi connectivity index (χ1) is 13.5.